The minimum Gasteiger partial charge on any atom is -0.0942 e. The largest absolute Gasteiger partial charge is 0.0942 e. The summed E-state index contributed by atoms with van der Waals surface area (Å²) in [5, 5.41) is 0. The highest BCUT2D eigenvalue weighted by atomic mass is 14.5. The summed E-state index contributed by atoms with van der Waals surface area (Å²) in [6.07, 6.45) is 5.75. The average Bonchev–Trinajstić information content (AvgIpc) is 3.49. The lowest BCUT2D eigenvalue weighted by atomic mass is 9.66. The highest BCUT2D eigenvalue weighted by molar-refractivity contribution is 5.91. The molecule has 0 spiro atoms. The number of benzene rings is 7. The SMILES string of the molecule is C=C(C=C(C=C(CC)c1cc(C)cc(C)c1)c1cc(C)cc(C)c1)C1(c2cc(-c3cc(C)cc(C)c3)cc(-c3cc(C)cc(C)c3)c2)c2ccccc2-c2ccccc21. The zero-order valence-corrected chi connectivity index (χ0v) is 36.3. The van der Waals surface area contributed by atoms with Crippen LogP contribution in [-0.4, -0.2) is 0 Å². The van der Waals surface area contributed by atoms with E-state index in [9.17, 15) is 0 Å². The Morgan fingerprint density at radius 3 is 1.24 bits per heavy atom. The van der Waals surface area contributed by atoms with Gasteiger partial charge in [0.05, 0.1) is 5.41 Å². The first-order valence-electron chi connectivity index (χ1n) is 21.1. The minimum absolute atomic E-state index is 0.681. The van der Waals surface area contributed by atoms with Gasteiger partial charge in [-0.3, -0.25) is 0 Å². The molecule has 1 aliphatic rings. The van der Waals surface area contributed by atoms with Crippen molar-refractivity contribution in [1.82, 2.24) is 0 Å². The van der Waals surface area contributed by atoms with Gasteiger partial charge in [-0.05, 0) is 158 Å². The molecule has 0 fully saturated rings. The fourth-order valence-corrected chi connectivity index (χ4v) is 9.92. The number of fused-ring (bicyclic) bond motifs is 3. The van der Waals surface area contributed by atoms with Crippen LogP contribution in [0.2, 0.25) is 0 Å². The molecule has 0 unspecified atom stereocenters. The van der Waals surface area contributed by atoms with Gasteiger partial charge in [-0.25, -0.2) is 0 Å². The molecule has 0 N–H and O–H groups in total. The predicted molar refractivity (Wildman–Crippen MR) is 255 cm³/mol. The van der Waals surface area contributed by atoms with Crippen LogP contribution in [0.1, 0.15) is 85.7 Å². The topological polar surface area (TPSA) is 0 Å². The molecule has 292 valence electrons. The first-order chi connectivity index (χ1) is 28.3. The number of hydrogen-bond donors (Lipinski definition) is 0. The minimum atomic E-state index is -0.681. The molecule has 8 rings (SSSR count). The second kappa shape index (κ2) is 15.8. The second-order valence-corrected chi connectivity index (χ2v) is 17.3. The van der Waals surface area contributed by atoms with Crippen LogP contribution in [0.5, 0.6) is 0 Å². The van der Waals surface area contributed by atoms with Crippen molar-refractivity contribution in [3.8, 4) is 33.4 Å². The summed E-state index contributed by atoms with van der Waals surface area (Å²) in [5.41, 5.74) is 26.6. The van der Waals surface area contributed by atoms with Gasteiger partial charge >= 0.3 is 0 Å². The third kappa shape index (κ3) is 7.61. The molecule has 0 saturated carbocycles. The van der Waals surface area contributed by atoms with Gasteiger partial charge in [-0.15, -0.1) is 0 Å². The van der Waals surface area contributed by atoms with Gasteiger partial charge in [0.25, 0.3) is 0 Å². The van der Waals surface area contributed by atoms with E-state index in [1.807, 2.05) is 0 Å². The van der Waals surface area contributed by atoms with Crippen molar-refractivity contribution in [2.75, 3.05) is 0 Å². The van der Waals surface area contributed by atoms with Crippen molar-refractivity contribution in [2.45, 2.75) is 74.1 Å². The smallest absolute Gasteiger partial charge is 0.0708 e. The second-order valence-electron chi connectivity index (χ2n) is 17.3. The monoisotopic (exact) mass is 764 g/mol. The Balaban J connectivity index is 1.48. The van der Waals surface area contributed by atoms with Crippen LogP contribution in [0.4, 0.5) is 0 Å². The van der Waals surface area contributed by atoms with Crippen LogP contribution < -0.4 is 0 Å². The van der Waals surface area contributed by atoms with Crippen LogP contribution >= 0.6 is 0 Å². The van der Waals surface area contributed by atoms with Gasteiger partial charge < -0.3 is 0 Å². The van der Waals surface area contributed by atoms with Gasteiger partial charge in [0.15, 0.2) is 0 Å². The van der Waals surface area contributed by atoms with Crippen molar-refractivity contribution in [3.05, 3.63) is 236 Å². The first-order valence-corrected chi connectivity index (χ1v) is 21.1. The van der Waals surface area contributed by atoms with Gasteiger partial charge in [0.1, 0.15) is 0 Å². The highest BCUT2D eigenvalue weighted by Gasteiger charge is 2.46. The van der Waals surface area contributed by atoms with Crippen LogP contribution in [0, 0.1) is 55.4 Å². The third-order valence-electron chi connectivity index (χ3n) is 12.1. The lowest BCUT2D eigenvalue weighted by Crippen LogP contribution is -2.29. The standard InChI is InChI=1S/C59H56/c1-11-46(47-24-37(2)20-38(3)25-47)33-51(48-26-39(4)21-40(5)27-48)32-45(10)59(57-18-14-12-16-55(57)56-17-13-15-19-58(56)59)54-35-52(49-28-41(6)22-42(7)29-49)34-53(36-54)50-30-43(8)23-44(9)31-50/h12-36H,10-11H2,1-9H3. The molecule has 0 aliphatic heterocycles. The molecule has 0 saturated heterocycles. The van der Waals surface area contributed by atoms with Gasteiger partial charge in [-0.1, -0.05) is 191 Å². The lowest BCUT2D eigenvalue weighted by Gasteiger charge is -2.35. The fraction of sp³-hybridized carbons (Fsp3) is 0.186. The van der Waals surface area contributed by atoms with E-state index in [0.717, 1.165) is 12.0 Å². The fourth-order valence-electron chi connectivity index (χ4n) is 9.92. The van der Waals surface area contributed by atoms with E-state index >= 15 is 0 Å². The highest BCUT2D eigenvalue weighted by Crippen LogP contribution is 2.57. The molecule has 0 heteroatoms. The number of aryl methyl sites for hydroxylation is 8. The zero-order valence-electron chi connectivity index (χ0n) is 36.3. The summed E-state index contributed by atoms with van der Waals surface area (Å²) >= 11 is 0. The summed E-state index contributed by atoms with van der Waals surface area (Å²) < 4.78 is 0. The summed E-state index contributed by atoms with van der Waals surface area (Å²) in [5.74, 6) is 0. The van der Waals surface area contributed by atoms with Crippen LogP contribution in [-0.2, 0) is 5.41 Å². The third-order valence-corrected chi connectivity index (χ3v) is 12.1. The summed E-state index contributed by atoms with van der Waals surface area (Å²) in [7, 11) is 0. The Bertz CT molecular complexity index is 2650. The molecule has 0 amide bonds. The Morgan fingerprint density at radius 1 is 0.441 bits per heavy atom. The van der Waals surface area contributed by atoms with Crippen molar-refractivity contribution in [2.24, 2.45) is 0 Å². The number of rotatable bonds is 9. The number of allylic oxidation sites excluding steroid dienone is 5. The van der Waals surface area contributed by atoms with Crippen molar-refractivity contribution < 1.29 is 0 Å². The molecule has 1 aliphatic carbocycles. The van der Waals surface area contributed by atoms with Crippen molar-refractivity contribution in [3.63, 3.8) is 0 Å². The van der Waals surface area contributed by atoms with Gasteiger partial charge in [-0.2, -0.15) is 0 Å². The summed E-state index contributed by atoms with van der Waals surface area (Å²) in [6.45, 7) is 25.1. The maximum atomic E-state index is 5.18. The summed E-state index contributed by atoms with van der Waals surface area (Å²) in [4.78, 5) is 0. The Morgan fingerprint density at radius 2 is 0.814 bits per heavy atom. The van der Waals surface area contributed by atoms with Gasteiger partial charge in [0.2, 0.25) is 0 Å². The molecule has 59 heavy (non-hydrogen) atoms. The predicted octanol–water partition coefficient (Wildman–Crippen LogP) is 15.9. The van der Waals surface area contributed by atoms with Crippen LogP contribution in [0.3, 0.4) is 0 Å². The molecular weight excluding hydrogens is 709 g/mol. The van der Waals surface area contributed by atoms with E-state index in [4.69, 9.17) is 6.58 Å². The molecule has 7 aromatic carbocycles. The molecule has 0 bridgehead atoms. The first kappa shape index (κ1) is 39.6. The molecule has 0 heterocycles. The van der Waals surface area contributed by atoms with Crippen LogP contribution in [0.25, 0.3) is 44.5 Å². The van der Waals surface area contributed by atoms with Gasteiger partial charge in [0, 0.05) is 0 Å². The normalized spacial score (nSPS) is 13.3. The van der Waals surface area contributed by atoms with E-state index in [1.165, 1.54) is 117 Å². The maximum Gasteiger partial charge on any atom is 0.0708 e. The lowest BCUT2D eigenvalue weighted by molar-refractivity contribution is 0.771. The summed E-state index contributed by atoms with van der Waals surface area (Å²) in [6, 6.07) is 53.0. The van der Waals surface area contributed by atoms with E-state index in [2.05, 4.69) is 214 Å². The molecule has 0 atom stereocenters. The van der Waals surface area contributed by atoms with Crippen molar-refractivity contribution >= 4 is 11.1 Å². The van der Waals surface area contributed by atoms with Crippen LogP contribution in [0.15, 0.2) is 164 Å². The quantitative estimate of drug-likeness (QED) is 0.128. The van der Waals surface area contributed by atoms with E-state index < -0.39 is 5.41 Å². The zero-order chi connectivity index (χ0) is 41.6. The van der Waals surface area contributed by atoms with E-state index in [0.29, 0.717) is 0 Å². The van der Waals surface area contributed by atoms with E-state index in [1.54, 1.807) is 0 Å². The Labute approximate surface area is 353 Å². The maximum absolute atomic E-state index is 5.18. The molecule has 7 aromatic rings. The Hall–Kier alpha value is -6.24. The van der Waals surface area contributed by atoms with Crippen molar-refractivity contribution in [1.29, 1.82) is 0 Å². The molecule has 0 radical (unpaired) electrons. The molecular formula is C59H56. The number of hydrogen-bond acceptors (Lipinski definition) is 0. The molecule has 0 aromatic heterocycles. The Kier molecular flexibility index (Phi) is 10.6. The van der Waals surface area contributed by atoms with E-state index in [-0.39, 0.29) is 0 Å². The average molecular weight is 765 g/mol. The molecule has 0 nitrogen and oxygen atoms in total.